The van der Waals surface area contributed by atoms with Crippen LogP contribution in [-0.4, -0.2) is 21.8 Å². The number of hydrogen-bond donors (Lipinski definition) is 0. The summed E-state index contributed by atoms with van der Waals surface area (Å²) in [5.41, 5.74) is 0.684. The van der Waals surface area contributed by atoms with E-state index in [1.54, 1.807) is 30.8 Å². The summed E-state index contributed by atoms with van der Waals surface area (Å²) in [7, 11) is 0. The maximum atomic E-state index is 12.4. The molecule has 0 bridgehead atoms. The highest BCUT2D eigenvalue weighted by Gasteiger charge is 2.33. The van der Waals surface area contributed by atoms with Gasteiger partial charge in [0.1, 0.15) is 5.76 Å². The molecule has 0 aromatic carbocycles. The molecule has 0 aliphatic heterocycles. The maximum absolute atomic E-state index is 12.4. The minimum atomic E-state index is 0.0521. The third kappa shape index (κ3) is 2.27. The van der Waals surface area contributed by atoms with E-state index in [2.05, 4.69) is 4.98 Å². The number of rotatable bonds is 4. The van der Waals surface area contributed by atoms with E-state index in [1.807, 2.05) is 17.0 Å². The number of carbonyl (C=O) groups is 1. The predicted octanol–water partition coefficient (Wildman–Crippen LogP) is 2.48. The number of pyridine rings is 1. The van der Waals surface area contributed by atoms with Gasteiger partial charge in [-0.2, -0.15) is 0 Å². The van der Waals surface area contributed by atoms with E-state index in [0.717, 1.165) is 18.6 Å². The number of carbonyl (C=O) groups excluding carboxylic acids is 1. The van der Waals surface area contributed by atoms with Gasteiger partial charge in [0.25, 0.3) is 5.91 Å². The minimum Gasteiger partial charge on any atom is -0.467 e. The summed E-state index contributed by atoms with van der Waals surface area (Å²) in [6, 6.07) is 7.60. The highest BCUT2D eigenvalue weighted by atomic mass is 16.3. The van der Waals surface area contributed by atoms with Crippen LogP contribution in [0.5, 0.6) is 0 Å². The van der Waals surface area contributed by atoms with E-state index in [-0.39, 0.29) is 5.91 Å². The lowest BCUT2D eigenvalue weighted by Gasteiger charge is -2.21. The van der Waals surface area contributed by atoms with Crippen molar-refractivity contribution >= 4 is 5.91 Å². The van der Waals surface area contributed by atoms with Crippen LogP contribution < -0.4 is 0 Å². The van der Waals surface area contributed by atoms with Gasteiger partial charge in [0.2, 0.25) is 0 Å². The van der Waals surface area contributed by atoms with Crippen LogP contribution in [0.25, 0.3) is 0 Å². The largest absolute Gasteiger partial charge is 0.467 e. The number of hydrogen-bond acceptors (Lipinski definition) is 3. The van der Waals surface area contributed by atoms with E-state index in [1.165, 1.54) is 0 Å². The SMILES string of the molecule is O=C(c1ccncc1)N(Cc1ccco1)C1CC1. The Morgan fingerprint density at radius 1 is 1.33 bits per heavy atom. The molecule has 92 valence electrons. The van der Waals surface area contributed by atoms with Gasteiger partial charge < -0.3 is 9.32 Å². The molecule has 18 heavy (non-hydrogen) atoms. The minimum absolute atomic E-state index is 0.0521. The maximum Gasteiger partial charge on any atom is 0.254 e. The first-order chi connectivity index (χ1) is 8.84. The molecule has 4 heteroatoms. The molecule has 4 nitrogen and oxygen atoms in total. The van der Waals surface area contributed by atoms with Gasteiger partial charge in [-0.25, -0.2) is 0 Å². The summed E-state index contributed by atoms with van der Waals surface area (Å²) in [6.45, 7) is 0.540. The van der Waals surface area contributed by atoms with Gasteiger partial charge in [-0.3, -0.25) is 9.78 Å². The summed E-state index contributed by atoms with van der Waals surface area (Å²) in [6.07, 6.45) is 7.09. The smallest absolute Gasteiger partial charge is 0.254 e. The number of aromatic nitrogens is 1. The summed E-state index contributed by atoms with van der Waals surface area (Å²) in [4.78, 5) is 18.2. The Kier molecular flexibility index (Phi) is 2.84. The van der Waals surface area contributed by atoms with Crippen LogP contribution in [0.15, 0.2) is 47.3 Å². The quantitative estimate of drug-likeness (QED) is 0.827. The normalized spacial score (nSPS) is 14.4. The van der Waals surface area contributed by atoms with E-state index in [4.69, 9.17) is 4.42 Å². The molecule has 2 aromatic heterocycles. The molecular formula is C14H14N2O2. The van der Waals surface area contributed by atoms with Gasteiger partial charge in [-0.1, -0.05) is 0 Å². The molecule has 0 atom stereocenters. The fraction of sp³-hybridized carbons (Fsp3) is 0.286. The van der Waals surface area contributed by atoms with E-state index in [0.29, 0.717) is 18.2 Å². The molecule has 1 aliphatic carbocycles. The average molecular weight is 242 g/mol. The Labute approximate surface area is 105 Å². The fourth-order valence-electron chi connectivity index (χ4n) is 1.98. The highest BCUT2D eigenvalue weighted by molar-refractivity contribution is 5.94. The van der Waals surface area contributed by atoms with Gasteiger partial charge in [-0.05, 0) is 37.1 Å². The summed E-state index contributed by atoms with van der Waals surface area (Å²) in [5, 5.41) is 0. The van der Waals surface area contributed by atoms with Gasteiger partial charge >= 0.3 is 0 Å². The van der Waals surface area contributed by atoms with Crippen LogP contribution in [-0.2, 0) is 6.54 Å². The number of amides is 1. The van der Waals surface area contributed by atoms with Gasteiger partial charge in [0.15, 0.2) is 0 Å². The van der Waals surface area contributed by atoms with Crippen LogP contribution >= 0.6 is 0 Å². The first kappa shape index (κ1) is 11.0. The molecule has 1 aliphatic rings. The second-order valence-electron chi connectivity index (χ2n) is 4.48. The average Bonchev–Trinajstić information content (AvgIpc) is 3.13. The molecule has 0 N–H and O–H groups in total. The van der Waals surface area contributed by atoms with Crippen LogP contribution in [0.1, 0.15) is 29.0 Å². The molecule has 2 aromatic rings. The Balaban J connectivity index is 1.80. The third-order valence-corrected chi connectivity index (χ3v) is 3.08. The first-order valence-electron chi connectivity index (χ1n) is 6.08. The molecule has 0 spiro atoms. The summed E-state index contributed by atoms with van der Waals surface area (Å²) in [5.74, 6) is 0.876. The highest BCUT2D eigenvalue weighted by Crippen LogP contribution is 2.29. The third-order valence-electron chi connectivity index (χ3n) is 3.08. The zero-order valence-corrected chi connectivity index (χ0v) is 9.95. The zero-order chi connectivity index (χ0) is 12.4. The van der Waals surface area contributed by atoms with Crippen molar-refractivity contribution in [2.24, 2.45) is 0 Å². The van der Waals surface area contributed by atoms with E-state index in [9.17, 15) is 4.79 Å². The molecule has 0 unspecified atom stereocenters. The standard InChI is InChI=1S/C14H14N2O2/c17-14(11-5-7-15-8-6-11)16(12-3-4-12)10-13-2-1-9-18-13/h1-2,5-9,12H,3-4,10H2. The van der Waals surface area contributed by atoms with Gasteiger partial charge in [0.05, 0.1) is 12.8 Å². The number of nitrogens with zero attached hydrogens (tertiary/aromatic N) is 2. The Bertz CT molecular complexity index is 518. The first-order valence-corrected chi connectivity index (χ1v) is 6.08. The molecule has 1 amide bonds. The van der Waals surface area contributed by atoms with Crippen molar-refractivity contribution in [1.29, 1.82) is 0 Å². The second-order valence-corrected chi connectivity index (χ2v) is 4.48. The Morgan fingerprint density at radius 3 is 2.72 bits per heavy atom. The summed E-state index contributed by atoms with van der Waals surface area (Å²) < 4.78 is 5.32. The van der Waals surface area contributed by atoms with Crippen molar-refractivity contribution in [2.75, 3.05) is 0 Å². The van der Waals surface area contributed by atoms with Crippen LogP contribution in [0, 0.1) is 0 Å². The van der Waals surface area contributed by atoms with E-state index < -0.39 is 0 Å². The lowest BCUT2D eigenvalue weighted by molar-refractivity contribution is 0.0717. The van der Waals surface area contributed by atoms with Crippen LogP contribution in [0.3, 0.4) is 0 Å². The molecule has 1 saturated carbocycles. The lowest BCUT2D eigenvalue weighted by Crippen LogP contribution is -2.32. The van der Waals surface area contributed by atoms with Gasteiger partial charge in [-0.15, -0.1) is 0 Å². The topological polar surface area (TPSA) is 46.3 Å². The van der Waals surface area contributed by atoms with Crippen molar-refractivity contribution in [3.8, 4) is 0 Å². The molecule has 3 rings (SSSR count). The Morgan fingerprint density at radius 2 is 2.11 bits per heavy atom. The molecule has 0 saturated heterocycles. The number of furan rings is 1. The zero-order valence-electron chi connectivity index (χ0n) is 9.95. The van der Waals surface area contributed by atoms with Crippen molar-refractivity contribution in [3.63, 3.8) is 0 Å². The van der Waals surface area contributed by atoms with E-state index >= 15 is 0 Å². The van der Waals surface area contributed by atoms with Crippen molar-refractivity contribution in [2.45, 2.75) is 25.4 Å². The van der Waals surface area contributed by atoms with Crippen molar-refractivity contribution < 1.29 is 9.21 Å². The van der Waals surface area contributed by atoms with Crippen molar-refractivity contribution in [3.05, 3.63) is 54.2 Å². The van der Waals surface area contributed by atoms with Crippen molar-refractivity contribution in [1.82, 2.24) is 9.88 Å². The van der Waals surface area contributed by atoms with Crippen LogP contribution in [0.2, 0.25) is 0 Å². The van der Waals surface area contributed by atoms with Crippen LogP contribution in [0.4, 0.5) is 0 Å². The monoisotopic (exact) mass is 242 g/mol. The predicted molar refractivity (Wildman–Crippen MR) is 65.8 cm³/mol. The molecule has 0 radical (unpaired) electrons. The second kappa shape index (κ2) is 4.64. The summed E-state index contributed by atoms with van der Waals surface area (Å²) >= 11 is 0. The van der Waals surface area contributed by atoms with Gasteiger partial charge in [0, 0.05) is 24.0 Å². The molecule has 1 fully saturated rings. The Hall–Kier alpha value is -2.10. The molecule has 2 heterocycles. The molecular weight excluding hydrogens is 228 g/mol. The lowest BCUT2D eigenvalue weighted by atomic mass is 10.2. The fourth-order valence-corrected chi connectivity index (χ4v) is 1.98.